The molecule has 0 aromatic heterocycles. The molecule has 0 aliphatic carbocycles. The number of piperidine rings is 1. The average molecular weight is 280 g/mol. The summed E-state index contributed by atoms with van der Waals surface area (Å²) in [4.78, 5) is 13.9. The first-order chi connectivity index (χ1) is 9.38. The Hall–Kier alpha value is -1.28. The lowest BCUT2D eigenvalue weighted by molar-refractivity contribution is -0.134. The molecule has 1 amide bonds. The van der Waals surface area contributed by atoms with E-state index in [9.17, 15) is 10.1 Å². The maximum Gasteiger partial charge on any atom is 0.411 e. The molecular weight excluding hydrogens is 256 g/mol. The highest BCUT2D eigenvalue weighted by Crippen LogP contribution is 2.38. The molecule has 0 radical (unpaired) electrons. The second kappa shape index (κ2) is 5.61. The minimum atomic E-state index is -0.547. The maximum absolute atomic E-state index is 12.3. The van der Waals surface area contributed by atoms with Crippen LogP contribution in [0.1, 0.15) is 52.9 Å². The van der Waals surface area contributed by atoms with Gasteiger partial charge in [-0.15, -0.1) is 0 Å². The third-order valence-electron chi connectivity index (χ3n) is 3.94. The third-order valence-corrected chi connectivity index (χ3v) is 3.94. The fourth-order valence-electron chi connectivity index (χ4n) is 3.09. The third kappa shape index (κ3) is 3.06. The normalized spacial score (nSPS) is 30.9. The van der Waals surface area contributed by atoms with Crippen molar-refractivity contribution >= 4 is 6.09 Å². The van der Waals surface area contributed by atoms with Crippen LogP contribution in [-0.2, 0) is 9.47 Å². The quantitative estimate of drug-likeness (QED) is 0.684. The van der Waals surface area contributed by atoms with Crippen molar-refractivity contribution in [3.63, 3.8) is 0 Å². The molecule has 5 nitrogen and oxygen atoms in total. The molecule has 0 aromatic carbocycles. The molecule has 0 aromatic rings. The monoisotopic (exact) mass is 280 g/mol. The first-order valence-corrected chi connectivity index (χ1v) is 7.41. The van der Waals surface area contributed by atoms with Gasteiger partial charge in [0.25, 0.3) is 0 Å². The second-order valence-electron chi connectivity index (χ2n) is 6.68. The molecule has 20 heavy (non-hydrogen) atoms. The Balaban J connectivity index is 2.16. The Morgan fingerprint density at radius 2 is 2.05 bits per heavy atom. The summed E-state index contributed by atoms with van der Waals surface area (Å²) in [5.74, 6) is 0. The van der Waals surface area contributed by atoms with Gasteiger partial charge in [-0.05, 0) is 52.9 Å². The average Bonchev–Trinajstić information content (AvgIpc) is 2.37. The number of hydrogen-bond acceptors (Lipinski definition) is 4. The molecule has 2 saturated heterocycles. The van der Waals surface area contributed by atoms with Gasteiger partial charge in [-0.25, -0.2) is 4.79 Å². The van der Waals surface area contributed by atoms with Crippen LogP contribution in [0, 0.1) is 11.3 Å². The van der Waals surface area contributed by atoms with Crippen molar-refractivity contribution < 1.29 is 14.3 Å². The largest absolute Gasteiger partial charge is 0.444 e. The molecule has 1 spiro atoms. The van der Waals surface area contributed by atoms with Crippen LogP contribution in [0.5, 0.6) is 0 Å². The van der Waals surface area contributed by atoms with E-state index < -0.39 is 23.3 Å². The van der Waals surface area contributed by atoms with E-state index in [1.807, 2.05) is 20.8 Å². The summed E-state index contributed by atoms with van der Waals surface area (Å²) in [6.07, 6.45) is 4.25. The lowest BCUT2D eigenvalue weighted by atomic mass is 9.79. The van der Waals surface area contributed by atoms with Gasteiger partial charge < -0.3 is 9.47 Å². The SMILES string of the molecule is CC(C)(C)OC(=O)N1CCCC2(CCCCO2)C1C#N. The van der Waals surface area contributed by atoms with Crippen LogP contribution < -0.4 is 0 Å². The summed E-state index contributed by atoms with van der Waals surface area (Å²) in [5.41, 5.74) is -1.03. The van der Waals surface area contributed by atoms with E-state index >= 15 is 0 Å². The van der Waals surface area contributed by atoms with Crippen molar-refractivity contribution in [3.8, 4) is 6.07 Å². The van der Waals surface area contributed by atoms with Gasteiger partial charge >= 0.3 is 6.09 Å². The second-order valence-corrected chi connectivity index (χ2v) is 6.68. The van der Waals surface area contributed by atoms with Crippen molar-refractivity contribution in [2.75, 3.05) is 13.2 Å². The van der Waals surface area contributed by atoms with Gasteiger partial charge in [0.15, 0.2) is 6.04 Å². The highest BCUT2D eigenvalue weighted by Gasteiger charge is 2.49. The van der Waals surface area contributed by atoms with E-state index in [0.29, 0.717) is 13.2 Å². The number of carbonyl (C=O) groups excluding carboxylic acids is 1. The molecule has 0 saturated carbocycles. The molecule has 2 aliphatic heterocycles. The Kier molecular flexibility index (Phi) is 4.24. The van der Waals surface area contributed by atoms with E-state index in [1.165, 1.54) is 0 Å². The zero-order valence-electron chi connectivity index (χ0n) is 12.6. The molecule has 2 unspecified atom stereocenters. The number of amides is 1. The summed E-state index contributed by atoms with van der Waals surface area (Å²) in [6, 6.07) is 1.75. The van der Waals surface area contributed by atoms with Crippen LogP contribution >= 0.6 is 0 Å². The number of hydrogen-bond donors (Lipinski definition) is 0. The zero-order chi connectivity index (χ0) is 14.8. The lowest BCUT2D eigenvalue weighted by Crippen LogP contribution is -2.60. The number of carbonyl (C=O) groups is 1. The van der Waals surface area contributed by atoms with Gasteiger partial charge in [0, 0.05) is 13.2 Å². The fourth-order valence-corrected chi connectivity index (χ4v) is 3.09. The van der Waals surface area contributed by atoms with Crippen LogP contribution in [0.3, 0.4) is 0 Å². The minimum absolute atomic E-state index is 0.405. The van der Waals surface area contributed by atoms with Crippen molar-refractivity contribution in [2.24, 2.45) is 0 Å². The van der Waals surface area contributed by atoms with Gasteiger partial charge in [0.05, 0.1) is 6.07 Å². The molecule has 112 valence electrons. The molecule has 2 aliphatic rings. The summed E-state index contributed by atoms with van der Waals surface area (Å²) in [6.45, 7) is 6.76. The Morgan fingerprint density at radius 1 is 1.35 bits per heavy atom. The van der Waals surface area contributed by atoms with Crippen LogP contribution in [0.25, 0.3) is 0 Å². The highest BCUT2D eigenvalue weighted by atomic mass is 16.6. The highest BCUT2D eigenvalue weighted by molar-refractivity contribution is 5.69. The molecule has 5 heteroatoms. The van der Waals surface area contributed by atoms with Gasteiger partial charge in [-0.1, -0.05) is 0 Å². The van der Waals surface area contributed by atoms with E-state index in [2.05, 4.69) is 6.07 Å². The van der Waals surface area contributed by atoms with E-state index in [4.69, 9.17) is 9.47 Å². The van der Waals surface area contributed by atoms with Gasteiger partial charge in [0.1, 0.15) is 11.2 Å². The van der Waals surface area contributed by atoms with E-state index in [1.54, 1.807) is 4.90 Å². The minimum Gasteiger partial charge on any atom is -0.444 e. The van der Waals surface area contributed by atoms with Crippen LogP contribution in [0.15, 0.2) is 0 Å². The van der Waals surface area contributed by atoms with Gasteiger partial charge in [-0.3, -0.25) is 4.90 Å². The first-order valence-electron chi connectivity index (χ1n) is 7.41. The molecule has 2 heterocycles. The van der Waals surface area contributed by atoms with Gasteiger partial charge in [0.2, 0.25) is 0 Å². The number of ether oxygens (including phenoxy) is 2. The summed E-state index contributed by atoms with van der Waals surface area (Å²) in [5, 5.41) is 9.55. The topological polar surface area (TPSA) is 62.6 Å². The molecule has 0 N–H and O–H groups in total. The Bertz CT molecular complexity index is 397. The number of likely N-dealkylation sites (tertiary alicyclic amines) is 1. The summed E-state index contributed by atoms with van der Waals surface area (Å²) in [7, 11) is 0. The smallest absolute Gasteiger partial charge is 0.411 e. The molecule has 2 rings (SSSR count). The fraction of sp³-hybridized carbons (Fsp3) is 0.867. The Labute approximate surface area is 120 Å². The number of nitriles is 1. The van der Waals surface area contributed by atoms with Crippen LogP contribution in [-0.4, -0.2) is 41.4 Å². The Morgan fingerprint density at radius 3 is 2.60 bits per heavy atom. The first kappa shape index (κ1) is 15.1. The van der Waals surface area contributed by atoms with E-state index in [0.717, 1.165) is 32.1 Å². The summed E-state index contributed by atoms with van der Waals surface area (Å²) < 4.78 is 11.4. The van der Waals surface area contributed by atoms with Crippen molar-refractivity contribution in [1.82, 2.24) is 4.90 Å². The predicted octanol–water partition coefficient (Wildman–Crippen LogP) is 2.85. The molecule has 2 atom stereocenters. The van der Waals surface area contributed by atoms with Crippen molar-refractivity contribution in [3.05, 3.63) is 0 Å². The van der Waals surface area contributed by atoms with Crippen molar-refractivity contribution in [1.29, 1.82) is 5.26 Å². The predicted molar refractivity (Wildman–Crippen MR) is 74.1 cm³/mol. The van der Waals surface area contributed by atoms with Crippen LogP contribution in [0.4, 0.5) is 4.79 Å². The summed E-state index contributed by atoms with van der Waals surface area (Å²) >= 11 is 0. The maximum atomic E-state index is 12.3. The molecular formula is C15H24N2O3. The number of nitrogens with zero attached hydrogens (tertiary/aromatic N) is 2. The lowest BCUT2D eigenvalue weighted by Gasteiger charge is -2.48. The van der Waals surface area contributed by atoms with Crippen molar-refractivity contribution in [2.45, 2.75) is 70.1 Å². The molecule has 2 fully saturated rings. The van der Waals surface area contributed by atoms with Gasteiger partial charge in [-0.2, -0.15) is 5.26 Å². The molecule has 0 bridgehead atoms. The van der Waals surface area contributed by atoms with Crippen LogP contribution in [0.2, 0.25) is 0 Å². The van der Waals surface area contributed by atoms with E-state index in [-0.39, 0.29) is 0 Å². The zero-order valence-corrected chi connectivity index (χ0v) is 12.6. The number of rotatable bonds is 0. The standard InChI is InChI=1S/C15H24N2O3/c1-14(2,3)20-13(18)17-9-6-8-15(12(17)11-16)7-4-5-10-19-15/h12H,4-10H2,1-3H3.